The molecule has 170 valence electrons. The highest BCUT2D eigenvalue weighted by Gasteiger charge is 2.25. The summed E-state index contributed by atoms with van der Waals surface area (Å²) in [7, 11) is 3.11. The van der Waals surface area contributed by atoms with Gasteiger partial charge in [-0.1, -0.05) is 30.3 Å². The predicted molar refractivity (Wildman–Crippen MR) is 128 cm³/mol. The van der Waals surface area contributed by atoms with E-state index in [-0.39, 0.29) is 17.0 Å². The summed E-state index contributed by atoms with van der Waals surface area (Å²) in [5, 5.41) is 31.1. The molecule has 3 aromatic carbocycles. The number of hydrogen-bond donors (Lipinski definition) is 2. The van der Waals surface area contributed by atoms with Crippen LogP contribution in [0.5, 0.6) is 17.2 Å². The molecule has 0 unspecified atom stereocenters. The highest BCUT2D eigenvalue weighted by atomic mass is 16.6. The first-order valence-corrected chi connectivity index (χ1v) is 10.4. The van der Waals surface area contributed by atoms with Gasteiger partial charge in [-0.3, -0.25) is 15.2 Å². The van der Waals surface area contributed by atoms with Crippen LogP contribution in [0, 0.1) is 10.1 Å². The summed E-state index contributed by atoms with van der Waals surface area (Å²) in [6, 6.07) is 15.5. The van der Waals surface area contributed by atoms with E-state index in [1.165, 1.54) is 25.3 Å². The van der Waals surface area contributed by atoms with Crippen molar-refractivity contribution in [1.29, 1.82) is 0 Å². The minimum absolute atomic E-state index is 0.106. The van der Waals surface area contributed by atoms with Gasteiger partial charge in [0.25, 0.3) is 5.69 Å². The molecule has 2 heterocycles. The summed E-state index contributed by atoms with van der Waals surface area (Å²) in [6.07, 6.45) is 2.19. The molecule has 0 saturated heterocycles. The third-order valence-electron chi connectivity index (χ3n) is 5.79. The summed E-state index contributed by atoms with van der Waals surface area (Å²) in [4.78, 5) is 16.0. The molecule has 0 aliphatic carbocycles. The molecule has 0 fully saturated rings. The van der Waals surface area contributed by atoms with E-state index < -0.39 is 4.92 Å². The number of ether oxygens (including phenoxy) is 2. The molecule has 9 heteroatoms. The summed E-state index contributed by atoms with van der Waals surface area (Å²) in [6.45, 7) is 0. The van der Waals surface area contributed by atoms with Gasteiger partial charge in [-0.25, -0.2) is 4.98 Å². The second-order valence-corrected chi connectivity index (χ2v) is 7.73. The molecule has 0 amide bonds. The number of aromatic hydroxyl groups is 1. The summed E-state index contributed by atoms with van der Waals surface area (Å²) in [5.74, 6) is 0.920. The molecule has 5 aromatic rings. The van der Waals surface area contributed by atoms with Gasteiger partial charge in [0.05, 0.1) is 36.6 Å². The predicted octanol–water partition coefficient (Wildman–Crippen LogP) is 5.00. The topological polar surface area (TPSA) is 123 Å². The average Bonchev–Trinajstić information content (AvgIpc) is 3.32. The van der Waals surface area contributed by atoms with Gasteiger partial charge in [-0.2, -0.15) is 5.10 Å². The zero-order valence-corrected chi connectivity index (χ0v) is 18.4. The molecule has 0 bridgehead atoms. The van der Waals surface area contributed by atoms with Crippen LogP contribution in [0.1, 0.15) is 11.1 Å². The molecule has 2 N–H and O–H groups in total. The lowest BCUT2D eigenvalue weighted by molar-refractivity contribution is -0.384. The number of H-pyrrole nitrogens is 1. The molecule has 0 aliphatic heterocycles. The van der Waals surface area contributed by atoms with E-state index in [1.807, 2.05) is 30.3 Å². The van der Waals surface area contributed by atoms with Crippen LogP contribution in [0.25, 0.3) is 33.1 Å². The van der Waals surface area contributed by atoms with E-state index in [0.29, 0.717) is 34.6 Å². The maximum absolute atomic E-state index is 11.8. The van der Waals surface area contributed by atoms with Crippen LogP contribution in [-0.4, -0.2) is 39.4 Å². The second kappa shape index (κ2) is 8.36. The molecule has 5 rings (SSSR count). The maximum atomic E-state index is 11.8. The Hall–Kier alpha value is -4.66. The Morgan fingerprint density at radius 3 is 2.56 bits per heavy atom. The van der Waals surface area contributed by atoms with Crippen molar-refractivity contribution in [1.82, 2.24) is 15.2 Å². The lowest BCUT2D eigenvalue weighted by atomic mass is 9.92. The number of methoxy groups -OCH3 is 2. The highest BCUT2D eigenvalue weighted by Crippen LogP contribution is 2.45. The van der Waals surface area contributed by atoms with Gasteiger partial charge in [-0.05, 0) is 23.8 Å². The smallest absolute Gasteiger partial charge is 0.279 e. The number of nitro groups is 1. The number of nitrogens with one attached hydrogen (secondary N) is 1. The molecule has 0 atom stereocenters. The first kappa shape index (κ1) is 21.2. The van der Waals surface area contributed by atoms with Crippen molar-refractivity contribution in [2.24, 2.45) is 0 Å². The van der Waals surface area contributed by atoms with Gasteiger partial charge in [-0.15, -0.1) is 0 Å². The number of benzene rings is 3. The quantitative estimate of drug-likeness (QED) is 0.272. The Kier molecular flexibility index (Phi) is 5.21. The minimum Gasteiger partial charge on any atom is -0.508 e. The molecule has 0 aliphatic rings. The minimum atomic E-state index is -0.495. The fourth-order valence-electron chi connectivity index (χ4n) is 4.33. The number of nitro benzene ring substituents is 1. The summed E-state index contributed by atoms with van der Waals surface area (Å²) in [5.41, 5.74) is 2.68. The van der Waals surface area contributed by atoms with E-state index in [0.717, 1.165) is 21.9 Å². The molecular formula is C25H20N4O5. The van der Waals surface area contributed by atoms with Crippen molar-refractivity contribution in [3.63, 3.8) is 0 Å². The molecule has 34 heavy (non-hydrogen) atoms. The van der Waals surface area contributed by atoms with Crippen molar-refractivity contribution in [2.75, 3.05) is 14.2 Å². The Bertz CT molecular complexity index is 1550. The van der Waals surface area contributed by atoms with Gasteiger partial charge in [0.1, 0.15) is 5.75 Å². The number of nitrogens with zero attached hydrogens (tertiary/aromatic N) is 3. The Morgan fingerprint density at radius 2 is 1.85 bits per heavy atom. The van der Waals surface area contributed by atoms with Crippen LogP contribution >= 0.6 is 0 Å². The fourth-order valence-corrected chi connectivity index (χ4v) is 4.33. The van der Waals surface area contributed by atoms with Crippen LogP contribution in [0.3, 0.4) is 0 Å². The van der Waals surface area contributed by atoms with E-state index >= 15 is 0 Å². The number of aromatic amines is 1. The van der Waals surface area contributed by atoms with Crippen LogP contribution in [0.4, 0.5) is 5.69 Å². The largest absolute Gasteiger partial charge is 0.508 e. The van der Waals surface area contributed by atoms with Gasteiger partial charge >= 0.3 is 0 Å². The monoisotopic (exact) mass is 456 g/mol. The van der Waals surface area contributed by atoms with Crippen LogP contribution in [0.15, 0.2) is 60.8 Å². The van der Waals surface area contributed by atoms with Crippen molar-refractivity contribution >= 4 is 27.5 Å². The Balaban J connectivity index is 1.94. The van der Waals surface area contributed by atoms with E-state index in [9.17, 15) is 15.2 Å². The SMILES string of the molecule is COc1cc2c(-c3cc(O)ccc3[N+](=O)[O-])nc3[nH]ncc3c2c(Cc2ccccc2)c1OC. The van der Waals surface area contributed by atoms with Crippen molar-refractivity contribution < 1.29 is 19.5 Å². The molecule has 0 saturated carbocycles. The zero-order valence-electron chi connectivity index (χ0n) is 18.4. The zero-order chi connectivity index (χ0) is 23.8. The van der Waals surface area contributed by atoms with Crippen LogP contribution in [0.2, 0.25) is 0 Å². The lowest BCUT2D eigenvalue weighted by Crippen LogP contribution is -2.02. The normalized spacial score (nSPS) is 11.1. The number of phenolic OH excluding ortho intramolecular Hbond substituents is 1. The number of phenols is 1. The van der Waals surface area contributed by atoms with Crippen LogP contribution in [-0.2, 0) is 6.42 Å². The molecule has 0 radical (unpaired) electrons. The van der Waals surface area contributed by atoms with Gasteiger partial charge in [0.15, 0.2) is 17.1 Å². The first-order chi connectivity index (χ1) is 16.5. The standard InChI is InChI=1S/C25H20N4O5/c1-33-21-12-17-22(18(24(21)34-2)10-14-6-4-3-5-7-14)19-13-26-28-25(19)27-23(17)16-11-15(30)8-9-20(16)29(31)32/h3-9,11-13,30H,10H2,1-2H3,(H,26,27,28). The molecule has 0 spiro atoms. The number of pyridine rings is 1. The fraction of sp³-hybridized carbons (Fsp3) is 0.120. The number of aromatic nitrogens is 3. The van der Waals surface area contributed by atoms with E-state index in [2.05, 4.69) is 15.2 Å². The van der Waals surface area contributed by atoms with Crippen molar-refractivity contribution in [3.8, 4) is 28.5 Å². The van der Waals surface area contributed by atoms with Crippen molar-refractivity contribution in [2.45, 2.75) is 6.42 Å². The Morgan fingerprint density at radius 1 is 1.06 bits per heavy atom. The molecule has 9 nitrogen and oxygen atoms in total. The van der Waals surface area contributed by atoms with Gasteiger partial charge < -0.3 is 14.6 Å². The first-order valence-electron chi connectivity index (χ1n) is 10.4. The highest BCUT2D eigenvalue weighted by molar-refractivity contribution is 6.13. The van der Waals surface area contributed by atoms with Crippen molar-refractivity contribution in [3.05, 3.63) is 82.0 Å². The molecule has 2 aromatic heterocycles. The van der Waals surface area contributed by atoms with E-state index in [4.69, 9.17) is 9.47 Å². The number of fused-ring (bicyclic) bond motifs is 3. The molecular weight excluding hydrogens is 436 g/mol. The average molecular weight is 456 g/mol. The third kappa shape index (κ3) is 3.43. The third-order valence-corrected chi connectivity index (χ3v) is 5.79. The number of rotatable bonds is 6. The maximum Gasteiger partial charge on any atom is 0.279 e. The number of hydrogen-bond acceptors (Lipinski definition) is 7. The summed E-state index contributed by atoms with van der Waals surface area (Å²) < 4.78 is 11.4. The van der Waals surface area contributed by atoms with Crippen LogP contribution < -0.4 is 9.47 Å². The lowest BCUT2D eigenvalue weighted by Gasteiger charge is -2.18. The van der Waals surface area contributed by atoms with E-state index in [1.54, 1.807) is 19.4 Å². The summed E-state index contributed by atoms with van der Waals surface area (Å²) >= 11 is 0. The second-order valence-electron chi connectivity index (χ2n) is 7.73. The Labute approximate surface area is 193 Å². The van der Waals surface area contributed by atoms with Gasteiger partial charge in [0.2, 0.25) is 0 Å². The van der Waals surface area contributed by atoms with Gasteiger partial charge in [0, 0.05) is 34.2 Å².